The van der Waals surface area contributed by atoms with Gasteiger partial charge in [0.2, 0.25) is 0 Å². The van der Waals surface area contributed by atoms with Crippen LogP contribution in [0, 0.1) is 0 Å². The SMILES string of the molecule is c1ccc2ncc(-c3ccc(N(c4ccc5cc6c(cc5c4)oc4ccccc46)c4ccc5cc6c(cc5c4)oc4ccccc46)cc3)cc2c1. The van der Waals surface area contributed by atoms with Gasteiger partial charge in [-0.3, -0.25) is 4.98 Å². The van der Waals surface area contributed by atoms with E-state index < -0.39 is 0 Å². The Kier molecular flexibility index (Phi) is 5.92. The van der Waals surface area contributed by atoms with Gasteiger partial charge in [-0.1, -0.05) is 78.9 Å². The van der Waals surface area contributed by atoms with Crippen molar-refractivity contribution < 1.29 is 8.83 Å². The molecule has 0 fully saturated rings. The normalized spacial score (nSPS) is 11.9. The summed E-state index contributed by atoms with van der Waals surface area (Å²) in [6.45, 7) is 0. The van der Waals surface area contributed by atoms with Crippen molar-refractivity contribution in [2.45, 2.75) is 0 Å². The minimum absolute atomic E-state index is 0.890. The molecule has 0 aliphatic heterocycles. The fourth-order valence-electron chi connectivity index (χ4n) is 7.67. The van der Waals surface area contributed by atoms with Crippen molar-refractivity contribution in [3.63, 3.8) is 0 Å². The van der Waals surface area contributed by atoms with Crippen LogP contribution in [0.4, 0.5) is 17.1 Å². The van der Waals surface area contributed by atoms with Crippen LogP contribution in [0.15, 0.2) is 179 Å². The van der Waals surface area contributed by atoms with E-state index in [4.69, 9.17) is 13.8 Å². The van der Waals surface area contributed by atoms with E-state index in [-0.39, 0.29) is 0 Å². The molecule has 0 atom stereocenters. The minimum Gasteiger partial charge on any atom is -0.456 e. The van der Waals surface area contributed by atoms with Gasteiger partial charge in [-0.2, -0.15) is 0 Å². The Balaban J connectivity index is 1.07. The zero-order valence-electron chi connectivity index (χ0n) is 27.4. The molecule has 0 saturated heterocycles. The summed E-state index contributed by atoms with van der Waals surface area (Å²) in [5.41, 5.74) is 9.97. The maximum Gasteiger partial charge on any atom is 0.136 e. The van der Waals surface area contributed by atoms with Crippen molar-refractivity contribution in [1.82, 2.24) is 4.98 Å². The third-order valence-corrected chi connectivity index (χ3v) is 10.2. The molecule has 3 heterocycles. The van der Waals surface area contributed by atoms with Gasteiger partial charge in [0, 0.05) is 55.8 Å². The molecule has 0 N–H and O–H groups in total. The summed E-state index contributed by atoms with van der Waals surface area (Å²) in [6.07, 6.45) is 1.96. The first kappa shape index (κ1) is 28.0. The minimum atomic E-state index is 0.890. The molecule has 8 aromatic carbocycles. The lowest BCUT2D eigenvalue weighted by Crippen LogP contribution is -2.09. The largest absolute Gasteiger partial charge is 0.456 e. The molecule has 0 saturated carbocycles. The van der Waals surface area contributed by atoms with Gasteiger partial charge in [0.15, 0.2) is 0 Å². The van der Waals surface area contributed by atoms with Crippen LogP contribution in [0.2, 0.25) is 0 Å². The van der Waals surface area contributed by atoms with Gasteiger partial charge < -0.3 is 13.7 Å². The highest BCUT2D eigenvalue weighted by atomic mass is 16.3. The van der Waals surface area contributed by atoms with Crippen LogP contribution in [0.5, 0.6) is 0 Å². The smallest absolute Gasteiger partial charge is 0.136 e. The summed E-state index contributed by atoms with van der Waals surface area (Å²) >= 11 is 0. The number of hydrogen-bond donors (Lipinski definition) is 0. The van der Waals surface area contributed by atoms with E-state index in [1.807, 2.05) is 42.6 Å². The lowest BCUT2D eigenvalue weighted by Gasteiger charge is -2.26. The van der Waals surface area contributed by atoms with E-state index in [1.54, 1.807) is 0 Å². The molecule has 11 rings (SSSR count). The molecule has 0 unspecified atom stereocenters. The van der Waals surface area contributed by atoms with E-state index in [1.165, 1.54) is 10.8 Å². The van der Waals surface area contributed by atoms with Crippen LogP contribution >= 0.6 is 0 Å². The third-order valence-electron chi connectivity index (χ3n) is 10.2. The molecule has 0 spiro atoms. The molecule has 4 nitrogen and oxygen atoms in total. The number of fused-ring (bicyclic) bond motifs is 9. The van der Waals surface area contributed by atoms with Gasteiger partial charge in [0.25, 0.3) is 0 Å². The average Bonchev–Trinajstić information content (AvgIpc) is 3.73. The van der Waals surface area contributed by atoms with E-state index in [2.05, 4.69) is 132 Å². The number of nitrogens with zero attached hydrogens (tertiary/aromatic N) is 2. The second-order valence-corrected chi connectivity index (χ2v) is 13.3. The quantitative estimate of drug-likeness (QED) is 0.190. The van der Waals surface area contributed by atoms with E-state index in [9.17, 15) is 0 Å². The first-order valence-electron chi connectivity index (χ1n) is 17.2. The zero-order valence-corrected chi connectivity index (χ0v) is 27.4. The molecular formula is C47H28N2O2. The second kappa shape index (κ2) is 10.8. The zero-order chi connectivity index (χ0) is 33.5. The molecule has 0 aliphatic carbocycles. The van der Waals surface area contributed by atoms with Crippen molar-refractivity contribution in [1.29, 1.82) is 0 Å². The standard InChI is InChI=1S/C47H28N2O2/c1-4-10-43-32(7-1)21-35(28-48-43)29-13-17-36(18-14-29)49(37-19-15-30-24-41-39-8-2-5-11-44(39)50-46(41)26-33(30)22-37)38-20-16-31-25-42-40-9-3-6-12-45(40)51-47(42)27-34(31)23-38/h1-28H. The van der Waals surface area contributed by atoms with Gasteiger partial charge in [0.05, 0.1) is 5.52 Å². The Morgan fingerprint density at radius 2 is 0.902 bits per heavy atom. The summed E-state index contributed by atoms with van der Waals surface area (Å²) in [6, 6.07) is 57.9. The third kappa shape index (κ3) is 4.50. The lowest BCUT2D eigenvalue weighted by molar-refractivity contribution is 0.669. The topological polar surface area (TPSA) is 42.4 Å². The first-order valence-corrected chi connectivity index (χ1v) is 17.2. The summed E-state index contributed by atoms with van der Waals surface area (Å²) in [5.74, 6) is 0. The number of para-hydroxylation sites is 3. The van der Waals surface area contributed by atoms with Crippen LogP contribution in [-0.2, 0) is 0 Å². The van der Waals surface area contributed by atoms with Crippen LogP contribution in [0.25, 0.3) is 87.5 Å². The van der Waals surface area contributed by atoms with E-state index in [0.29, 0.717) is 0 Å². The number of furan rings is 2. The Morgan fingerprint density at radius 1 is 0.353 bits per heavy atom. The Hall–Kier alpha value is -6.91. The Morgan fingerprint density at radius 3 is 1.53 bits per heavy atom. The van der Waals surface area contributed by atoms with Crippen molar-refractivity contribution in [3.8, 4) is 11.1 Å². The maximum atomic E-state index is 6.29. The molecule has 51 heavy (non-hydrogen) atoms. The van der Waals surface area contributed by atoms with Crippen molar-refractivity contribution >= 4 is 93.4 Å². The number of aromatic nitrogens is 1. The van der Waals surface area contributed by atoms with Crippen LogP contribution in [-0.4, -0.2) is 4.98 Å². The second-order valence-electron chi connectivity index (χ2n) is 13.3. The highest BCUT2D eigenvalue weighted by molar-refractivity contribution is 6.12. The molecule has 3 aromatic heterocycles. The van der Waals surface area contributed by atoms with Crippen molar-refractivity contribution in [2.75, 3.05) is 4.90 Å². The van der Waals surface area contributed by atoms with Crippen LogP contribution in [0.1, 0.15) is 0 Å². The molecule has 0 radical (unpaired) electrons. The van der Waals surface area contributed by atoms with Gasteiger partial charge in [-0.15, -0.1) is 0 Å². The number of benzene rings is 8. The van der Waals surface area contributed by atoms with Crippen molar-refractivity contribution in [2.24, 2.45) is 0 Å². The summed E-state index contributed by atoms with van der Waals surface area (Å²) in [5, 5.41) is 10.2. The monoisotopic (exact) mass is 652 g/mol. The Bertz CT molecular complexity index is 3000. The first-order chi connectivity index (χ1) is 25.2. The van der Waals surface area contributed by atoms with Crippen LogP contribution in [0.3, 0.4) is 0 Å². The highest BCUT2D eigenvalue weighted by Crippen LogP contribution is 2.41. The van der Waals surface area contributed by atoms with E-state index >= 15 is 0 Å². The van der Waals surface area contributed by atoms with Gasteiger partial charge in [-0.05, 0) is 112 Å². The number of pyridine rings is 1. The fourth-order valence-corrected chi connectivity index (χ4v) is 7.67. The summed E-state index contributed by atoms with van der Waals surface area (Å²) < 4.78 is 12.6. The number of hydrogen-bond acceptors (Lipinski definition) is 4. The summed E-state index contributed by atoms with van der Waals surface area (Å²) in [4.78, 5) is 7.04. The Labute approximate surface area is 292 Å². The molecule has 238 valence electrons. The molecule has 0 amide bonds. The number of rotatable bonds is 4. The molecule has 0 aliphatic rings. The molecule has 11 aromatic rings. The maximum absolute atomic E-state index is 6.29. The number of anilines is 3. The van der Waals surface area contributed by atoms with Gasteiger partial charge in [-0.25, -0.2) is 0 Å². The summed E-state index contributed by atoms with van der Waals surface area (Å²) in [7, 11) is 0. The molecular weight excluding hydrogens is 625 g/mol. The average molecular weight is 653 g/mol. The predicted molar refractivity (Wildman–Crippen MR) is 211 cm³/mol. The van der Waals surface area contributed by atoms with Crippen LogP contribution < -0.4 is 4.90 Å². The fraction of sp³-hybridized carbons (Fsp3) is 0. The lowest BCUT2D eigenvalue weighted by atomic mass is 10.0. The predicted octanol–water partition coefficient (Wildman–Crippen LogP) is 13.5. The molecule has 4 heteroatoms. The highest BCUT2D eigenvalue weighted by Gasteiger charge is 2.17. The molecule has 0 bridgehead atoms. The van der Waals surface area contributed by atoms with Gasteiger partial charge in [0.1, 0.15) is 22.3 Å². The van der Waals surface area contributed by atoms with Gasteiger partial charge >= 0.3 is 0 Å². The van der Waals surface area contributed by atoms with Crippen molar-refractivity contribution in [3.05, 3.63) is 170 Å². The van der Waals surface area contributed by atoms with E-state index in [0.717, 1.165) is 93.7 Å².